The lowest BCUT2D eigenvalue weighted by Gasteiger charge is -2.08. The van der Waals surface area contributed by atoms with Crippen molar-refractivity contribution in [2.24, 2.45) is 0 Å². The van der Waals surface area contributed by atoms with E-state index >= 15 is 0 Å². The van der Waals surface area contributed by atoms with E-state index < -0.39 is 0 Å². The summed E-state index contributed by atoms with van der Waals surface area (Å²) in [5, 5.41) is 0. The number of hydrogen-bond acceptors (Lipinski definition) is 1. The summed E-state index contributed by atoms with van der Waals surface area (Å²) >= 11 is 12.1. The Balaban J connectivity index is 2.39. The number of halogens is 4. The zero-order valence-electron chi connectivity index (χ0n) is 8.81. The van der Waals surface area contributed by atoms with Gasteiger partial charge in [-0.3, -0.25) is 0 Å². The average Bonchev–Trinajstić information content (AvgIpc) is 2.57. The molecule has 0 bridgehead atoms. The second kappa shape index (κ2) is 5.51. The van der Waals surface area contributed by atoms with Crippen LogP contribution in [0.5, 0.6) is 0 Å². The van der Waals surface area contributed by atoms with Gasteiger partial charge in [-0.2, -0.15) is 0 Å². The zero-order chi connectivity index (χ0) is 12.6. The van der Waals surface area contributed by atoms with Gasteiger partial charge in [0.05, 0.1) is 8.61 Å². The second-order valence-electron chi connectivity index (χ2n) is 3.67. The minimum Gasteiger partial charge on any atom is -0.207 e. The van der Waals surface area contributed by atoms with E-state index in [4.69, 9.17) is 0 Å². The molecule has 1 aromatic carbocycles. The fourth-order valence-corrected chi connectivity index (χ4v) is 4.23. The Kier molecular flexibility index (Phi) is 4.45. The normalized spacial score (nSPS) is 12.8. The van der Waals surface area contributed by atoms with Gasteiger partial charge < -0.3 is 0 Å². The smallest absolute Gasteiger partial charge is 0.124 e. The highest BCUT2D eigenvalue weighted by Gasteiger charge is 2.15. The molecule has 0 N–H and O–H groups in total. The molecular formula is C12H8Br3FS. The first-order chi connectivity index (χ1) is 7.97. The second-order valence-corrected chi connectivity index (χ2v) is 7.90. The Labute approximate surface area is 129 Å². The molecule has 1 heterocycles. The maximum atomic E-state index is 13.3. The van der Waals surface area contributed by atoms with Crippen LogP contribution in [-0.2, 0) is 0 Å². The molecule has 0 saturated heterocycles. The Morgan fingerprint density at radius 3 is 2.41 bits per heavy atom. The molecule has 1 aromatic heterocycles. The van der Waals surface area contributed by atoms with Crippen molar-refractivity contribution in [3.05, 3.63) is 54.3 Å². The Hall–Kier alpha value is 0.290. The molecule has 0 aliphatic heterocycles. The lowest BCUT2D eigenvalue weighted by Crippen LogP contribution is -1.91. The third kappa shape index (κ3) is 3.19. The van der Waals surface area contributed by atoms with E-state index in [1.54, 1.807) is 17.4 Å². The summed E-state index contributed by atoms with van der Waals surface area (Å²) in [5.41, 5.74) is 2.11. The van der Waals surface area contributed by atoms with Crippen molar-refractivity contribution in [1.82, 2.24) is 0 Å². The molecule has 2 rings (SSSR count). The fraction of sp³-hybridized carbons (Fsp3) is 0.167. The highest BCUT2D eigenvalue weighted by Crippen LogP contribution is 2.39. The van der Waals surface area contributed by atoms with Crippen LogP contribution < -0.4 is 0 Å². The van der Waals surface area contributed by atoms with Gasteiger partial charge in [-0.05, 0) is 58.2 Å². The molecule has 0 aliphatic rings. The number of rotatable bonds is 2. The van der Waals surface area contributed by atoms with Crippen molar-refractivity contribution < 1.29 is 4.39 Å². The molecule has 1 unspecified atom stereocenters. The maximum absolute atomic E-state index is 13.3. The summed E-state index contributed by atoms with van der Waals surface area (Å²) in [4.78, 5) is 1.18. The zero-order valence-corrected chi connectivity index (χ0v) is 14.4. The van der Waals surface area contributed by atoms with Gasteiger partial charge in [0.15, 0.2) is 0 Å². The van der Waals surface area contributed by atoms with E-state index in [0.29, 0.717) is 0 Å². The van der Waals surface area contributed by atoms with Crippen molar-refractivity contribution in [2.75, 3.05) is 0 Å². The number of thiophene rings is 1. The van der Waals surface area contributed by atoms with E-state index in [1.165, 1.54) is 11.6 Å². The van der Waals surface area contributed by atoms with Gasteiger partial charge in [-0.15, -0.1) is 11.3 Å². The van der Waals surface area contributed by atoms with Gasteiger partial charge in [0.1, 0.15) is 5.82 Å². The molecule has 0 saturated carbocycles. The summed E-state index contributed by atoms with van der Waals surface area (Å²) in [6.07, 6.45) is 0. The molecule has 0 fully saturated rings. The Morgan fingerprint density at radius 2 is 1.88 bits per heavy atom. The highest BCUT2D eigenvalue weighted by molar-refractivity contribution is 9.11. The lowest BCUT2D eigenvalue weighted by molar-refractivity contribution is 0.625. The van der Waals surface area contributed by atoms with Crippen molar-refractivity contribution in [1.29, 1.82) is 0 Å². The predicted octanol–water partition coefficient (Wildman–Crippen LogP) is 6.20. The minimum absolute atomic E-state index is 0.0181. The summed E-state index contributed by atoms with van der Waals surface area (Å²) in [6, 6.07) is 7.03. The Morgan fingerprint density at radius 1 is 1.18 bits per heavy atom. The monoisotopic (exact) mass is 440 g/mol. The third-order valence-corrected chi connectivity index (χ3v) is 6.29. The predicted molar refractivity (Wildman–Crippen MR) is 81.6 cm³/mol. The van der Waals surface area contributed by atoms with Crippen LogP contribution in [0.2, 0.25) is 0 Å². The average molecular weight is 443 g/mol. The topological polar surface area (TPSA) is 0 Å². The quantitative estimate of drug-likeness (QED) is 0.485. The molecule has 0 nitrogen and oxygen atoms in total. The molecule has 90 valence electrons. The summed E-state index contributed by atoms with van der Waals surface area (Å²) in [6.45, 7) is 2.05. The molecule has 0 spiro atoms. The van der Waals surface area contributed by atoms with Crippen LogP contribution in [0.4, 0.5) is 4.39 Å². The van der Waals surface area contributed by atoms with E-state index in [0.717, 1.165) is 18.7 Å². The molecule has 1 atom stereocenters. The van der Waals surface area contributed by atoms with E-state index in [9.17, 15) is 4.39 Å². The molecule has 0 amide bonds. The molecule has 2 aromatic rings. The van der Waals surface area contributed by atoms with Crippen LogP contribution in [0.1, 0.15) is 20.8 Å². The maximum Gasteiger partial charge on any atom is 0.124 e. The van der Waals surface area contributed by atoms with Crippen LogP contribution in [0.3, 0.4) is 0 Å². The summed E-state index contributed by atoms with van der Waals surface area (Å²) in [7, 11) is 0. The number of hydrogen-bond donors (Lipinski definition) is 0. The van der Waals surface area contributed by atoms with Crippen molar-refractivity contribution in [3.8, 4) is 0 Å². The molecule has 0 radical (unpaired) electrons. The van der Waals surface area contributed by atoms with Crippen molar-refractivity contribution >= 4 is 59.1 Å². The van der Waals surface area contributed by atoms with Crippen LogP contribution in [-0.4, -0.2) is 0 Å². The Bertz CT molecular complexity index is 511. The highest BCUT2D eigenvalue weighted by atomic mass is 79.9. The SMILES string of the molecule is Cc1cc(C(Br)c2cc(F)cc(Br)c2)sc1Br. The first-order valence-corrected chi connectivity index (χ1v) is 8.15. The van der Waals surface area contributed by atoms with Gasteiger partial charge in [0.2, 0.25) is 0 Å². The number of alkyl halides is 1. The first-order valence-electron chi connectivity index (χ1n) is 4.83. The molecular weight excluding hydrogens is 435 g/mol. The van der Waals surface area contributed by atoms with Gasteiger partial charge in [-0.1, -0.05) is 31.9 Å². The van der Waals surface area contributed by atoms with Crippen LogP contribution in [0.25, 0.3) is 0 Å². The molecule has 0 aliphatic carbocycles. The third-order valence-electron chi connectivity index (χ3n) is 2.30. The standard InChI is InChI=1S/C12H8Br3FS/c1-6-2-10(17-12(6)15)11(14)7-3-8(13)5-9(16)4-7/h2-5,11H,1H3. The lowest BCUT2D eigenvalue weighted by atomic mass is 10.1. The summed E-state index contributed by atoms with van der Waals surface area (Å²) < 4.78 is 15.2. The number of benzene rings is 1. The number of aryl methyl sites for hydroxylation is 1. The van der Waals surface area contributed by atoms with E-state index in [1.807, 2.05) is 13.0 Å². The largest absolute Gasteiger partial charge is 0.207 e. The van der Waals surface area contributed by atoms with Crippen LogP contribution in [0.15, 0.2) is 32.5 Å². The van der Waals surface area contributed by atoms with E-state index in [2.05, 4.69) is 53.9 Å². The fourth-order valence-electron chi connectivity index (χ4n) is 1.49. The van der Waals surface area contributed by atoms with E-state index in [-0.39, 0.29) is 10.6 Å². The summed E-state index contributed by atoms with van der Waals surface area (Å²) in [5.74, 6) is -0.230. The molecule has 17 heavy (non-hydrogen) atoms. The van der Waals surface area contributed by atoms with Crippen molar-refractivity contribution in [2.45, 2.75) is 11.8 Å². The first kappa shape index (κ1) is 13.7. The van der Waals surface area contributed by atoms with Crippen LogP contribution >= 0.6 is 59.1 Å². The minimum atomic E-state index is -0.230. The van der Waals surface area contributed by atoms with Gasteiger partial charge >= 0.3 is 0 Å². The van der Waals surface area contributed by atoms with Crippen molar-refractivity contribution in [3.63, 3.8) is 0 Å². The van der Waals surface area contributed by atoms with Gasteiger partial charge in [-0.25, -0.2) is 4.39 Å². The molecule has 5 heteroatoms. The van der Waals surface area contributed by atoms with Crippen LogP contribution in [0, 0.1) is 12.7 Å². The van der Waals surface area contributed by atoms with Gasteiger partial charge in [0, 0.05) is 9.35 Å². The van der Waals surface area contributed by atoms with Gasteiger partial charge in [0.25, 0.3) is 0 Å².